The number of benzene rings is 1. The topological polar surface area (TPSA) is 79.0 Å². The SMILES string of the molecule is CS(=O)(=O)NC(=O)CCCc1c[nH]c2ccccc12. The van der Waals surface area contributed by atoms with Crippen LogP contribution in [0.3, 0.4) is 0 Å². The summed E-state index contributed by atoms with van der Waals surface area (Å²) in [6.45, 7) is 0. The molecule has 0 saturated carbocycles. The van der Waals surface area contributed by atoms with E-state index in [0.29, 0.717) is 6.42 Å². The number of aromatic amines is 1. The molecule has 6 heteroatoms. The maximum atomic E-state index is 11.4. The van der Waals surface area contributed by atoms with Crippen molar-refractivity contribution in [3.8, 4) is 0 Å². The second-order valence-corrected chi connectivity index (χ2v) is 6.26. The second kappa shape index (κ2) is 5.44. The van der Waals surface area contributed by atoms with Crippen molar-refractivity contribution in [3.63, 3.8) is 0 Å². The number of hydrogen-bond acceptors (Lipinski definition) is 3. The van der Waals surface area contributed by atoms with Crippen LogP contribution in [0.25, 0.3) is 10.9 Å². The normalized spacial score (nSPS) is 11.6. The van der Waals surface area contributed by atoms with Gasteiger partial charge in [0.25, 0.3) is 0 Å². The van der Waals surface area contributed by atoms with Crippen LogP contribution in [0.5, 0.6) is 0 Å². The lowest BCUT2D eigenvalue weighted by Gasteiger charge is -2.02. The zero-order valence-electron chi connectivity index (χ0n) is 10.6. The zero-order valence-corrected chi connectivity index (χ0v) is 11.5. The lowest BCUT2D eigenvalue weighted by Crippen LogP contribution is -2.29. The molecule has 1 aromatic heterocycles. The molecule has 1 heterocycles. The molecule has 102 valence electrons. The van der Waals surface area contributed by atoms with E-state index in [9.17, 15) is 13.2 Å². The fourth-order valence-electron chi connectivity index (χ4n) is 2.04. The molecule has 0 aliphatic heterocycles. The molecule has 19 heavy (non-hydrogen) atoms. The Morgan fingerprint density at radius 3 is 2.79 bits per heavy atom. The van der Waals surface area contributed by atoms with Gasteiger partial charge in [0.15, 0.2) is 0 Å². The van der Waals surface area contributed by atoms with E-state index >= 15 is 0 Å². The fraction of sp³-hybridized carbons (Fsp3) is 0.308. The van der Waals surface area contributed by atoms with Gasteiger partial charge in [-0.15, -0.1) is 0 Å². The number of amides is 1. The first kappa shape index (κ1) is 13.6. The van der Waals surface area contributed by atoms with Gasteiger partial charge in [0.2, 0.25) is 15.9 Å². The summed E-state index contributed by atoms with van der Waals surface area (Å²) in [5, 5.41) is 1.14. The first-order chi connectivity index (χ1) is 8.96. The van der Waals surface area contributed by atoms with Gasteiger partial charge in [0.05, 0.1) is 6.26 Å². The van der Waals surface area contributed by atoms with Crippen molar-refractivity contribution in [1.29, 1.82) is 0 Å². The number of nitrogens with one attached hydrogen (secondary N) is 2. The van der Waals surface area contributed by atoms with Gasteiger partial charge in [-0.05, 0) is 24.5 Å². The summed E-state index contributed by atoms with van der Waals surface area (Å²) >= 11 is 0. The highest BCUT2D eigenvalue weighted by molar-refractivity contribution is 7.89. The second-order valence-electron chi connectivity index (χ2n) is 4.51. The number of hydrogen-bond donors (Lipinski definition) is 2. The third-order valence-corrected chi connectivity index (χ3v) is 3.42. The average Bonchev–Trinajstić information content (AvgIpc) is 2.70. The predicted molar refractivity (Wildman–Crippen MR) is 74.2 cm³/mol. The average molecular weight is 280 g/mol. The van der Waals surface area contributed by atoms with Crippen LogP contribution in [0.1, 0.15) is 18.4 Å². The maximum absolute atomic E-state index is 11.4. The van der Waals surface area contributed by atoms with Crippen LogP contribution in [0, 0.1) is 0 Å². The van der Waals surface area contributed by atoms with Gasteiger partial charge in [-0.3, -0.25) is 9.52 Å². The molecule has 2 rings (SSSR count). The number of rotatable bonds is 5. The Morgan fingerprint density at radius 2 is 2.05 bits per heavy atom. The Hall–Kier alpha value is -1.82. The van der Waals surface area contributed by atoms with Crippen LogP contribution in [-0.2, 0) is 21.2 Å². The van der Waals surface area contributed by atoms with Crippen LogP contribution in [0.15, 0.2) is 30.5 Å². The number of carbonyl (C=O) groups excluding carboxylic acids is 1. The van der Waals surface area contributed by atoms with Gasteiger partial charge in [0.1, 0.15) is 0 Å². The molecule has 0 spiro atoms. The van der Waals surface area contributed by atoms with Gasteiger partial charge < -0.3 is 4.98 Å². The molecule has 1 aromatic carbocycles. The summed E-state index contributed by atoms with van der Waals surface area (Å²) in [6, 6.07) is 7.95. The van der Waals surface area contributed by atoms with E-state index in [4.69, 9.17) is 0 Å². The van der Waals surface area contributed by atoms with Crippen LogP contribution in [0.4, 0.5) is 0 Å². The van der Waals surface area contributed by atoms with E-state index in [1.165, 1.54) is 0 Å². The van der Waals surface area contributed by atoms with Crippen LogP contribution in [-0.4, -0.2) is 25.6 Å². The molecule has 0 saturated heterocycles. The van der Waals surface area contributed by atoms with Gasteiger partial charge in [-0.2, -0.15) is 0 Å². The number of fused-ring (bicyclic) bond motifs is 1. The number of aromatic nitrogens is 1. The molecule has 0 radical (unpaired) electrons. The van der Waals surface area contributed by atoms with E-state index in [1.54, 1.807) is 0 Å². The number of para-hydroxylation sites is 1. The zero-order chi connectivity index (χ0) is 13.9. The maximum Gasteiger partial charge on any atom is 0.233 e. The Kier molecular flexibility index (Phi) is 3.90. The summed E-state index contributed by atoms with van der Waals surface area (Å²) < 4.78 is 23.7. The van der Waals surface area contributed by atoms with Crippen LogP contribution in [0.2, 0.25) is 0 Å². The van der Waals surface area contributed by atoms with Crippen molar-refractivity contribution >= 4 is 26.8 Å². The summed E-state index contributed by atoms with van der Waals surface area (Å²) in [5.41, 5.74) is 2.21. The first-order valence-electron chi connectivity index (χ1n) is 6.01. The first-order valence-corrected chi connectivity index (χ1v) is 7.90. The molecular weight excluding hydrogens is 264 g/mol. The molecule has 0 aliphatic carbocycles. The van der Waals surface area contributed by atoms with Crippen molar-refractivity contribution in [2.45, 2.75) is 19.3 Å². The smallest absolute Gasteiger partial charge is 0.233 e. The molecule has 0 unspecified atom stereocenters. The van der Waals surface area contributed by atoms with Crippen molar-refractivity contribution in [1.82, 2.24) is 9.71 Å². The lowest BCUT2D eigenvalue weighted by atomic mass is 10.1. The van der Waals surface area contributed by atoms with Crippen LogP contribution >= 0.6 is 0 Å². The number of H-pyrrole nitrogens is 1. The van der Waals surface area contributed by atoms with Gasteiger partial charge in [-0.1, -0.05) is 18.2 Å². The third kappa shape index (κ3) is 3.82. The van der Waals surface area contributed by atoms with E-state index in [0.717, 1.165) is 29.1 Å². The Labute approximate surface area is 112 Å². The Morgan fingerprint density at radius 1 is 1.32 bits per heavy atom. The van der Waals surface area contributed by atoms with E-state index in [2.05, 4.69) is 4.98 Å². The lowest BCUT2D eigenvalue weighted by molar-refractivity contribution is -0.119. The highest BCUT2D eigenvalue weighted by Crippen LogP contribution is 2.19. The summed E-state index contributed by atoms with van der Waals surface area (Å²) in [5.74, 6) is -0.456. The monoisotopic (exact) mass is 280 g/mol. The number of sulfonamides is 1. The van der Waals surface area contributed by atoms with Crippen LogP contribution < -0.4 is 4.72 Å². The molecule has 2 N–H and O–H groups in total. The van der Waals surface area contributed by atoms with Crippen molar-refractivity contribution in [2.24, 2.45) is 0 Å². The Bertz CT molecular complexity index is 689. The number of carbonyl (C=O) groups is 1. The summed E-state index contributed by atoms with van der Waals surface area (Å²) in [7, 11) is -3.45. The van der Waals surface area contributed by atoms with Gasteiger partial charge >= 0.3 is 0 Å². The summed E-state index contributed by atoms with van der Waals surface area (Å²) in [6.07, 6.45) is 4.46. The molecule has 2 aromatic rings. The van der Waals surface area contributed by atoms with Crippen molar-refractivity contribution < 1.29 is 13.2 Å². The van der Waals surface area contributed by atoms with E-state index in [-0.39, 0.29) is 6.42 Å². The third-order valence-electron chi connectivity index (χ3n) is 2.82. The highest BCUT2D eigenvalue weighted by atomic mass is 32.2. The summed E-state index contributed by atoms with van der Waals surface area (Å²) in [4.78, 5) is 14.5. The number of aryl methyl sites for hydroxylation is 1. The fourth-order valence-corrected chi connectivity index (χ4v) is 2.55. The molecule has 0 fully saturated rings. The highest BCUT2D eigenvalue weighted by Gasteiger charge is 2.09. The largest absolute Gasteiger partial charge is 0.361 e. The minimum atomic E-state index is -3.45. The Balaban J connectivity index is 1.91. The van der Waals surface area contributed by atoms with Gasteiger partial charge in [0, 0.05) is 23.5 Å². The quantitative estimate of drug-likeness (QED) is 0.872. The van der Waals surface area contributed by atoms with Crippen molar-refractivity contribution in [2.75, 3.05) is 6.26 Å². The van der Waals surface area contributed by atoms with E-state index in [1.807, 2.05) is 35.2 Å². The molecule has 0 aliphatic rings. The van der Waals surface area contributed by atoms with Gasteiger partial charge in [-0.25, -0.2) is 8.42 Å². The minimum absolute atomic E-state index is 0.201. The predicted octanol–water partition coefficient (Wildman–Crippen LogP) is 1.57. The molecular formula is C13H16N2O3S. The molecule has 5 nitrogen and oxygen atoms in total. The molecule has 0 bridgehead atoms. The molecule has 0 atom stereocenters. The van der Waals surface area contributed by atoms with E-state index < -0.39 is 15.9 Å². The van der Waals surface area contributed by atoms with Crippen molar-refractivity contribution in [3.05, 3.63) is 36.0 Å². The molecule has 1 amide bonds. The standard InChI is InChI=1S/C13H16N2O3S/c1-19(17,18)15-13(16)8-4-5-10-9-14-12-7-3-2-6-11(10)12/h2-3,6-7,9,14H,4-5,8H2,1H3,(H,15,16). The minimum Gasteiger partial charge on any atom is -0.361 e.